The van der Waals surface area contributed by atoms with Crippen molar-refractivity contribution in [3.63, 3.8) is 0 Å². The second-order valence-electron chi connectivity index (χ2n) is 3.43. The van der Waals surface area contributed by atoms with E-state index in [9.17, 15) is 9.59 Å². The smallest absolute Gasteiger partial charge is 0.138 e. The van der Waals surface area contributed by atoms with E-state index in [1.54, 1.807) is 0 Å². The zero-order valence-electron chi connectivity index (χ0n) is 8.30. The number of nitrogens with two attached hydrogens (primary N) is 2. The van der Waals surface area contributed by atoms with Gasteiger partial charge in [0.15, 0.2) is 0 Å². The number of carbonyl (C=O) groups excluding carboxylic acids is 2. The molecule has 0 aromatic carbocycles. The normalized spacial score (nSPS) is 16.0. The van der Waals surface area contributed by atoms with E-state index < -0.39 is 12.1 Å². The highest BCUT2D eigenvalue weighted by Crippen LogP contribution is 2.36. The van der Waals surface area contributed by atoms with Crippen LogP contribution in [0.2, 0.25) is 0 Å². The molecule has 0 aromatic heterocycles. The maximum atomic E-state index is 10.5. The van der Waals surface area contributed by atoms with Gasteiger partial charge in [0, 0.05) is 10.5 Å². The number of aldehydes is 2. The Labute approximate surface area is 91.9 Å². The maximum absolute atomic E-state index is 10.5. The van der Waals surface area contributed by atoms with E-state index in [1.165, 1.54) is 21.6 Å². The van der Waals surface area contributed by atoms with Crippen LogP contribution in [-0.2, 0) is 9.59 Å². The van der Waals surface area contributed by atoms with Gasteiger partial charge in [0.2, 0.25) is 0 Å². The quantitative estimate of drug-likeness (QED) is 0.485. The topological polar surface area (TPSA) is 86.2 Å². The van der Waals surface area contributed by atoms with E-state index in [1.807, 2.05) is 13.8 Å². The molecule has 0 saturated heterocycles. The van der Waals surface area contributed by atoms with Crippen LogP contribution in [0.1, 0.15) is 13.8 Å². The molecule has 0 amide bonds. The lowest BCUT2D eigenvalue weighted by Gasteiger charge is -2.26. The van der Waals surface area contributed by atoms with Crippen LogP contribution >= 0.6 is 21.6 Å². The molecule has 0 aliphatic rings. The van der Waals surface area contributed by atoms with E-state index in [-0.39, 0.29) is 4.75 Å². The fraction of sp³-hybridized carbons (Fsp3) is 0.750. The second-order valence-corrected chi connectivity index (χ2v) is 6.43. The van der Waals surface area contributed by atoms with Crippen LogP contribution in [0, 0.1) is 0 Å². The Morgan fingerprint density at radius 2 is 1.86 bits per heavy atom. The number of rotatable bonds is 7. The summed E-state index contributed by atoms with van der Waals surface area (Å²) in [5.74, 6) is 0.531. The van der Waals surface area contributed by atoms with Crippen molar-refractivity contribution < 1.29 is 9.59 Å². The minimum Gasteiger partial charge on any atom is -0.321 e. The van der Waals surface area contributed by atoms with Crippen molar-refractivity contribution in [2.75, 3.05) is 5.75 Å². The Balaban J connectivity index is 3.87. The predicted octanol–water partition coefficient (Wildman–Crippen LogP) is 0.199. The van der Waals surface area contributed by atoms with Gasteiger partial charge in [0.25, 0.3) is 0 Å². The van der Waals surface area contributed by atoms with Crippen molar-refractivity contribution >= 4 is 34.2 Å². The first-order valence-electron chi connectivity index (χ1n) is 4.16. The fourth-order valence-electron chi connectivity index (χ4n) is 0.523. The lowest BCUT2D eigenvalue weighted by molar-refractivity contribution is -0.109. The van der Waals surface area contributed by atoms with Gasteiger partial charge in [-0.15, -0.1) is 0 Å². The summed E-state index contributed by atoms with van der Waals surface area (Å²) in [6.07, 6.45) is 1.44. The zero-order chi connectivity index (χ0) is 11.2. The van der Waals surface area contributed by atoms with Gasteiger partial charge in [-0.1, -0.05) is 21.6 Å². The first-order valence-corrected chi connectivity index (χ1v) is 6.48. The molecule has 0 heterocycles. The molecule has 0 spiro atoms. The molecule has 0 aromatic rings. The van der Waals surface area contributed by atoms with E-state index in [4.69, 9.17) is 11.5 Å². The summed E-state index contributed by atoms with van der Waals surface area (Å²) in [6, 6.07) is -0.955. The molecule has 0 aliphatic heterocycles. The lowest BCUT2D eigenvalue weighted by atomic mass is 10.1. The second kappa shape index (κ2) is 6.44. The molecule has 0 unspecified atom stereocenters. The molecular weight excluding hydrogens is 220 g/mol. The Bertz CT molecular complexity index is 200. The lowest BCUT2D eigenvalue weighted by Crippen LogP contribution is -2.41. The first-order chi connectivity index (χ1) is 6.44. The van der Waals surface area contributed by atoms with Crippen LogP contribution in [0.5, 0.6) is 0 Å². The Hall–Kier alpha value is -0.0400. The molecule has 82 valence electrons. The zero-order valence-corrected chi connectivity index (χ0v) is 9.94. The van der Waals surface area contributed by atoms with Crippen molar-refractivity contribution in [2.45, 2.75) is 30.7 Å². The SMILES string of the molecule is CC(C)(SSC[C@H](N)C=O)[C@H](N)C=O. The Kier molecular flexibility index (Phi) is 6.43. The monoisotopic (exact) mass is 236 g/mol. The highest BCUT2D eigenvalue weighted by atomic mass is 33.1. The molecule has 14 heavy (non-hydrogen) atoms. The third-order valence-corrected chi connectivity index (χ3v) is 5.05. The molecule has 0 aliphatic carbocycles. The van der Waals surface area contributed by atoms with Crippen LogP contribution in [0.25, 0.3) is 0 Å². The van der Waals surface area contributed by atoms with Crippen molar-refractivity contribution in [3.05, 3.63) is 0 Å². The summed E-state index contributed by atoms with van der Waals surface area (Å²) in [4.78, 5) is 20.7. The van der Waals surface area contributed by atoms with Crippen LogP contribution < -0.4 is 11.5 Å². The third-order valence-electron chi connectivity index (χ3n) is 1.66. The van der Waals surface area contributed by atoms with Gasteiger partial charge in [-0.3, -0.25) is 0 Å². The van der Waals surface area contributed by atoms with Crippen LogP contribution in [0.15, 0.2) is 0 Å². The number of hydrogen-bond donors (Lipinski definition) is 2. The summed E-state index contributed by atoms with van der Waals surface area (Å²) in [6.45, 7) is 3.77. The minimum atomic E-state index is -0.507. The van der Waals surface area contributed by atoms with Gasteiger partial charge in [-0.2, -0.15) is 0 Å². The van der Waals surface area contributed by atoms with Gasteiger partial charge in [-0.05, 0) is 13.8 Å². The molecular formula is C8H16N2O2S2. The largest absolute Gasteiger partial charge is 0.321 e. The molecule has 0 fully saturated rings. The molecule has 4 N–H and O–H groups in total. The van der Waals surface area contributed by atoms with Gasteiger partial charge < -0.3 is 21.1 Å². The van der Waals surface area contributed by atoms with Crippen molar-refractivity contribution in [1.82, 2.24) is 0 Å². The van der Waals surface area contributed by atoms with E-state index in [2.05, 4.69) is 0 Å². The molecule has 4 nitrogen and oxygen atoms in total. The fourth-order valence-corrected chi connectivity index (χ4v) is 3.22. The number of hydrogen-bond acceptors (Lipinski definition) is 6. The van der Waals surface area contributed by atoms with E-state index in [0.29, 0.717) is 12.0 Å². The molecule has 6 heteroatoms. The maximum Gasteiger partial charge on any atom is 0.138 e. The van der Waals surface area contributed by atoms with E-state index >= 15 is 0 Å². The highest BCUT2D eigenvalue weighted by Gasteiger charge is 2.27. The number of carbonyl (C=O) groups is 2. The van der Waals surface area contributed by atoms with Crippen LogP contribution in [-0.4, -0.2) is 35.2 Å². The molecule has 0 rings (SSSR count). The first kappa shape index (κ1) is 14.0. The van der Waals surface area contributed by atoms with Crippen molar-refractivity contribution in [3.8, 4) is 0 Å². The van der Waals surface area contributed by atoms with Crippen LogP contribution in [0.4, 0.5) is 0 Å². The molecule has 0 bridgehead atoms. The summed E-state index contributed by atoms with van der Waals surface area (Å²) >= 11 is 0. The predicted molar refractivity (Wildman–Crippen MR) is 62.2 cm³/mol. The van der Waals surface area contributed by atoms with Crippen molar-refractivity contribution in [1.29, 1.82) is 0 Å². The molecule has 2 atom stereocenters. The summed E-state index contributed by atoms with van der Waals surface area (Å²) < 4.78 is -0.338. The summed E-state index contributed by atoms with van der Waals surface area (Å²) in [5, 5.41) is 0. The van der Waals surface area contributed by atoms with Gasteiger partial charge >= 0.3 is 0 Å². The minimum absolute atomic E-state index is 0.338. The van der Waals surface area contributed by atoms with Crippen molar-refractivity contribution in [2.24, 2.45) is 11.5 Å². The van der Waals surface area contributed by atoms with Crippen LogP contribution in [0.3, 0.4) is 0 Å². The molecule has 0 saturated carbocycles. The average molecular weight is 236 g/mol. The van der Waals surface area contributed by atoms with Gasteiger partial charge in [0.1, 0.15) is 12.6 Å². The van der Waals surface area contributed by atoms with Gasteiger partial charge in [-0.25, -0.2) is 0 Å². The molecule has 0 radical (unpaired) electrons. The highest BCUT2D eigenvalue weighted by molar-refractivity contribution is 8.77. The van der Waals surface area contributed by atoms with E-state index in [0.717, 1.165) is 6.29 Å². The Morgan fingerprint density at radius 3 is 2.29 bits per heavy atom. The van der Waals surface area contributed by atoms with Gasteiger partial charge in [0.05, 0.1) is 12.1 Å². The summed E-state index contributed by atoms with van der Waals surface area (Å²) in [5.41, 5.74) is 11.0. The summed E-state index contributed by atoms with van der Waals surface area (Å²) in [7, 11) is 2.93. The standard InChI is InChI=1S/C8H16N2O2S2/c1-8(2,7(10)4-12)14-13-5-6(9)3-11/h3-4,6-7H,5,9-10H2,1-2H3/t6-,7-/m1/s1. The Morgan fingerprint density at radius 1 is 1.29 bits per heavy atom. The average Bonchev–Trinajstić information content (AvgIpc) is 2.15. The third kappa shape index (κ3) is 4.99.